The highest BCUT2D eigenvalue weighted by atomic mass is 14.1. The van der Waals surface area contributed by atoms with Gasteiger partial charge in [0, 0.05) is 0 Å². The summed E-state index contributed by atoms with van der Waals surface area (Å²) in [6.45, 7) is 2.21. The van der Waals surface area contributed by atoms with E-state index < -0.39 is 0 Å². The van der Waals surface area contributed by atoms with Crippen molar-refractivity contribution in [2.75, 3.05) is 0 Å². The summed E-state index contributed by atoms with van der Waals surface area (Å²) in [7, 11) is 0. The first-order valence-electron chi connectivity index (χ1n) is 4.59. The summed E-state index contributed by atoms with van der Waals surface area (Å²) >= 11 is 0. The molecule has 2 aliphatic carbocycles. The Labute approximate surface area is 74.0 Å². The normalized spacial score (nSPS) is 21.9. The zero-order valence-electron chi connectivity index (χ0n) is 7.51. The van der Waals surface area contributed by atoms with Gasteiger partial charge in [-0.1, -0.05) is 36.0 Å². The largest absolute Gasteiger partial charge is 0.0804 e. The molecule has 0 saturated heterocycles. The molecule has 0 saturated carbocycles. The van der Waals surface area contributed by atoms with Gasteiger partial charge in [-0.25, -0.2) is 0 Å². The molecule has 0 fully saturated rings. The molecular formula is C12H14. The standard InChI is InChI=1S/C12H14/c1-10-7-8-11-5-3-2-4-6-12(11)9-10/h3-6,9H,2,7-8H2,1H3. The van der Waals surface area contributed by atoms with Gasteiger partial charge in [0.2, 0.25) is 0 Å². The topological polar surface area (TPSA) is 0 Å². The van der Waals surface area contributed by atoms with E-state index in [1.165, 1.54) is 29.6 Å². The van der Waals surface area contributed by atoms with E-state index in [0.29, 0.717) is 0 Å². The van der Waals surface area contributed by atoms with Crippen molar-refractivity contribution >= 4 is 0 Å². The molecule has 0 N–H and O–H groups in total. The average Bonchev–Trinajstić information content (AvgIpc) is 2.28. The summed E-state index contributed by atoms with van der Waals surface area (Å²) in [5.74, 6) is 0. The van der Waals surface area contributed by atoms with Gasteiger partial charge < -0.3 is 0 Å². The number of hydrogen-bond acceptors (Lipinski definition) is 0. The molecule has 0 heterocycles. The molecule has 0 amide bonds. The van der Waals surface area contributed by atoms with Crippen molar-refractivity contribution in [3.63, 3.8) is 0 Å². The van der Waals surface area contributed by atoms with Gasteiger partial charge in [0.1, 0.15) is 0 Å². The highest BCUT2D eigenvalue weighted by molar-refractivity contribution is 5.46. The van der Waals surface area contributed by atoms with Crippen molar-refractivity contribution in [2.24, 2.45) is 0 Å². The van der Waals surface area contributed by atoms with Gasteiger partial charge in [0.25, 0.3) is 0 Å². The maximum Gasteiger partial charge on any atom is -0.0163 e. The molecule has 62 valence electrons. The lowest BCUT2D eigenvalue weighted by molar-refractivity contribution is 0.917. The average molecular weight is 158 g/mol. The Morgan fingerprint density at radius 2 is 1.92 bits per heavy atom. The van der Waals surface area contributed by atoms with Crippen LogP contribution in [0.5, 0.6) is 0 Å². The zero-order valence-corrected chi connectivity index (χ0v) is 7.51. The first-order chi connectivity index (χ1) is 5.86. The van der Waals surface area contributed by atoms with E-state index in [9.17, 15) is 0 Å². The molecule has 0 aromatic heterocycles. The maximum atomic E-state index is 2.31. The lowest BCUT2D eigenvalue weighted by Gasteiger charge is -2.12. The van der Waals surface area contributed by atoms with Gasteiger partial charge in [-0.05, 0) is 37.3 Å². The third kappa shape index (κ3) is 1.42. The van der Waals surface area contributed by atoms with Crippen LogP contribution in [0.2, 0.25) is 0 Å². The highest BCUT2D eigenvalue weighted by Crippen LogP contribution is 2.26. The van der Waals surface area contributed by atoms with Crippen molar-refractivity contribution in [1.29, 1.82) is 0 Å². The van der Waals surface area contributed by atoms with Gasteiger partial charge in [-0.15, -0.1) is 0 Å². The Hall–Kier alpha value is -1.04. The molecule has 0 aromatic carbocycles. The molecule has 0 nitrogen and oxygen atoms in total. The smallest absolute Gasteiger partial charge is 0.0163 e. The summed E-state index contributed by atoms with van der Waals surface area (Å²) in [5.41, 5.74) is 4.44. The predicted molar refractivity (Wildman–Crippen MR) is 52.9 cm³/mol. The Bertz CT molecular complexity index is 298. The van der Waals surface area contributed by atoms with Crippen molar-refractivity contribution in [2.45, 2.75) is 26.2 Å². The van der Waals surface area contributed by atoms with E-state index in [4.69, 9.17) is 0 Å². The molecule has 0 heteroatoms. The number of allylic oxidation sites excluding steroid dienone is 8. The first kappa shape index (κ1) is 7.60. The van der Waals surface area contributed by atoms with Gasteiger partial charge in [0.05, 0.1) is 0 Å². The minimum absolute atomic E-state index is 1.08. The molecule has 0 aliphatic heterocycles. The molecule has 0 bridgehead atoms. The molecular weight excluding hydrogens is 144 g/mol. The van der Waals surface area contributed by atoms with Crippen LogP contribution in [0.15, 0.2) is 47.1 Å². The summed E-state index contributed by atoms with van der Waals surface area (Å²) < 4.78 is 0. The first-order valence-corrected chi connectivity index (χ1v) is 4.59. The van der Waals surface area contributed by atoms with Gasteiger partial charge >= 0.3 is 0 Å². The van der Waals surface area contributed by atoms with E-state index in [1.807, 2.05) is 0 Å². The number of hydrogen-bond donors (Lipinski definition) is 0. The quantitative estimate of drug-likeness (QED) is 0.506. The monoisotopic (exact) mass is 158 g/mol. The molecule has 12 heavy (non-hydrogen) atoms. The van der Waals surface area contributed by atoms with E-state index in [2.05, 4.69) is 37.3 Å². The van der Waals surface area contributed by atoms with Gasteiger partial charge in [-0.2, -0.15) is 0 Å². The van der Waals surface area contributed by atoms with Crippen LogP contribution < -0.4 is 0 Å². The second-order valence-corrected chi connectivity index (χ2v) is 3.51. The van der Waals surface area contributed by atoms with Crippen molar-refractivity contribution in [3.8, 4) is 0 Å². The molecule has 0 aromatic rings. The molecule has 0 atom stereocenters. The van der Waals surface area contributed by atoms with Crippen LogP contribution >= 0.6 is 0 Å². The maximum absolute atomic E-state index is 2.31. The second kappa shape index (κ2) is 3.14. The van der Waals surface area contributed by atoms with Crippen LogP contribution in [0, 0.1) is 0 Å². The zero-order chi connectivity index (χ0) is 8.39. The lowest BCUT2D eigenvalue weighted by atomic mass is 9.93. The van der Waals surface area contributed by atoms with Crippen LogP contribution in [0.25, 0.3) is 0 Å². The van der Waals surface area contributed by atoms with Crippen LogP contribution in [-0.2, 0) is 0 Å². The Balaban J connectivity index is 2.40. The third-order valence-electron chi connectivity index (χ3n) is 2.45. The Kier molecular flexibility index (Phi) is 1.99. The SMILES string of the molecule is CC1=CC2=C(C=CCC=C2)CC1. The summed E-state index contributed by atoms with van der Waals surface area (Å²) in [5, 5.41) is 0. The van der Waals surface area contributed by atoms with Crippen LogP contribution in [0.4, 0.5) is 0 Å². The van der Waals surface area contributed by atoms with E-state index in [0.717, 1.165) is 6.42 Å². The molecule has 0 spiro atoms. The van der Waals surface area contributed by atoms with Gasteiger partial charge in [-0.3, -0.25) is 0 Å². The fourth-order valence-electron chi connectivity index (χ4n) is 1.73. The molecule has 0 radical (unpaired) electrons. The fourth-order valence-corrected chi connectivity index (χ4v) is 1.73. The van der Waals surface area contributed by atoms with Crippen molar-refractivity contribution < 1.29 is 0 Å². The summed E-state index contributed by atoms with van der Waals surface area (Å²) in [4.78, 5) is 0. The Morgan fingerprint density at radius 3 is 2.83 bits per heavy atom. The van der Waals surface area contributed by atoms with E-state index in [1.54, 1.807) is 0 Å². The lowest BCUT2D eigenvalue weighted by Crippen LogP contribution is -1.93. The molecule has 2 aliphatic rings. The van der Waals surface area contributed by atoms with Crippen molar-refractivity contribution in [1.82, 2.24) is 0 Å². The second-order valence-electron chi connectivity index (χ2n) is 3.51. The minimum Gasteiger partial charge on any atom is -0.0804 e. The van der Waals surface area contributed by atoms with Crippen molar-refractivity contribution in [3.05, 3.63) is 47.1 Å². The third-order valence-corrected chi connectivity index (χ3v) is 2.45. The molecule has 2 rings (SSSR count). The van der Waals surface area contributed by atoms with Crippen LogP contribution in [0.1, 0.15) is 26.2 Å². The summed E-state index contributed by atoms with van der Waals surface area (Å²) in [6, 6.07) is 0. The van der Waals surface area contributed by atoms with Gasteiger partial charge in [0.15, 0.2) is 0 Å². The fraction of sp³-hybridized carbons (Fsp3) is 0.333. The number of rotatable bonds is 0. The Morgan fingerprint density at radius 1 is 1.08 bits per heavy atom. The van der Waals surface area contributed by atoms with Crippen LogP contribution in [0.3, 0.4) is 0 Å². The summed E-state index contributed by atoms with van der Waals surface area (Å²) in [6.07, 6.45) is 14.8. The molecule has 0 unspecified atom stereocenters. The highest BCUT2D eigenvalue weighted by Gasteiger charge is 2.07. The van der Waals surface area contributed by atoms with Crippen LogP contribution in [-0.4, -0.2) is 0 Å². The predicted octanol–water partition coefficient (Wildman–Crippen LogP) is 3.54. The van der Waals surface area contributed by atoms with E-state index >= 15 is 0 Å². The minimum atomic E-state index is 1.08. The van der Waals surface area contributed by atoms with E-state index in [-0.39, 0.29) is 0 Å².